The standard InChI is InChI=1S/C15H24N2O2/c1-2-19-14-7-5-6-12(8-9-13(14)16)15(18)17-10-3-4-11-17/h12,15,18H,2-4,7-11,16H2,1H3/b14-13-. The molecule has 4 heteroatoms. The Morgan fingerprint density at radius 3 is 2.89 bits per heavy atom. The topological polar surface area (TPSA) is 58.7 Å². The lowest BCUT2D eigenvalue weighted by Gasteiger charge is -2.28. The van der Waals surface area contributed by atoms with Crippen LogP contribution < -0.4 is 5.73 Å². The molecule has 0 amide bonds. The van der Waals surface area contributed by atoms with Crippen molar-refractivity contribution in [3.63, 3.8) is 0 Å². The first-order valence-corrected chi connectivity index (χ1v) is 7.23. The molecule has 1 saturated heterocycles. The van der Waals surface area contributed by atoms with E-state index in [9.17, 15) is 5.11 Å². The van der Waals surface area contributed by atoms with Crippen molar-refractivity contribution in [2.24, 2.45) is 11.7 Å². The molecule has 0 saturated carbocycles. The summed E-state index contributed by atoms with van der Waals surface area (Å²) in [4.78, 5) is 2.13. The minimum Gasteiger partial charge on any atom is -0.495 e. The summed E-state index contributed by atoms with van der Waals surface area (Å²) < 4.78 is 5.51. The minimum atomic E-state index is -0.448. The first-order chi connectivity index (χ1) is 9.22. The van der Waals surface area contributed by atoms with E-state index in [0.717, 1.165) is 37.4 Å². The van der Waals surface area contributed by atoms with E-state index >= 15 is 0 Å². The number of nitrogens with zero attached hydrogens (tertiary/aromatic N) is 1. The van der Waals surface area contributed by atoms with Crippen LogP contribution in [-0.2, 0) is 4.74 Å². The molecule has 0 aromatic carbocycles. The van der Waals surface area contributed by atoms with E-state index in [1.54, 1.807) is 0 Å². The Labute approximate surface area is 115 Å². The van der Waals surface area contributed by atoms with Gasteiger partial charge in [0.15, 0.2) is 0 Å². The fourth-order valence-electron chi connectivity index (χ4n) is 2.70. The van der Waals surface area contributed by atoms with Crippen LogP contribution in [0.5, 0.6) is 0 Å². The van der Waals surface area contributed by atoms with Crippen molar-refractivity contribution in [2.75, 3.05) is 19.7 Å². The SMILES string of the molecule is CCO/C1=C(\N)CCC(C(O)N2CCCC2)C#CC1. The normalized spacial score (nSPS) is 30.1. The lowest BCUT2D eigenvalue weighted by Crippen LogP contribution is -2.38. The molecule has 2 aliphatic rings. The van der Waals surface area contributed by atoms with E-state index in [1.807, 2.05) is 6.92 Å². The molecule has 106 valence electrons. The molecule has 1 heterocycles. The van der Waals surface area contributed by atoms with Crippen LogP contribution in [0.1, 0.15) is 39.0 Å². The number of ether oxygens (including phenoxy) is 1. The van der Waals surface area contributed by atoms with Gasteiger partial charge in [0.25, 0.3) is 0 Å². The Bertz CT molecular complexity index is 389. The van der Waals surface area contributed by atoms with E-state index < -0.39 is 6.23 Å². The van der Waals surface area contributed by atoms with Gasteiger partial charge in [-0.05, 0) is 32.6 Å². The van der Waals surface area contributed by atoms with Crippen molar-refractivity contribution >= 4 is 0 Å². The van der Waals surface area contributed by atoms with Crippen molar-refractivity contribution in [3.05, 3.63) is 11.5 Å². The summed E-state index contributed by atoms with van der Waals surface area (Å²) in [6, 6.07) is 0. The molecule has 0 spiro atoms. The number of likely N-dealkylation sites (tertiary alicyclic amines) is 1. The Hall–Kier alpha value is -1.18. The van der Waals surface area contributed by atoms with Crippen LogP contribution >= 0.6 is 0 Å². The van der Waals surface area contributed by atoms with E-state index in [4.69, 9.17) is 10.5 Å². The van der Waals surface area contributed by atoms with E-state index in [2.05, 4.69) is 16.7 Å². The van der Waals surface area contributed by atoms with Crippen molar-refractivity contribution in [2.45, 2.75) is 45.3 Å². The third kappa shape index (κ3) is 3.65. The zero-order valence-corrected chi connectivity index (χ0v) is 11.7. The lowest BCUT2D eigenvalue weighted by molar-refractivity contribution is -0.0113. The molecule has 1 aliphatic carbocycles. The van der Waals surface area contributed by atoms with Gasteiger partial charge in [0.05, 0.1) is 18.9 Å². The molecule has 4 nitrogen and oxygen atoms in total. The van der Waals surface area contributed by atoms with Crippen LogP contribution in [0.15, 0.2) is 11.5 Å². The van der Waals surface area contributed by atoms with Crippen molar-refractivity contribution < 1.29 is 9.84 Å². The van der Waals surface area contributed by atoms with Gasteiger partial charge in [-0.15, -0.1) is 0 Å². The van der Waals surface area contributed by atoms with Crippen molar-refractivity contribution in [3.8, 4) is 11.8 Å². The van der Waals surface area contributed by atoms with Gasteiger partial charge in [-0.25, -0.2) is 0 Å². The Balaban J connectivity index is 1.99. The molecular formula is C15H24N2O2. The molecule has 3 N–H and O–H groups in total. The molecule has 0 aromatic heterocycles. The van der Waals surface area contributed by atoms with Crippen LogP contribution in [0.2, 0.25) is 0 Å². The minimum absolute atomic E-state index is 0.000161. The number of aliphatic hydroxyl groups is 1. The van der Waals surface area contributed by atoms with E-state index in [-0.39, 0.29) is 5.92 Å². The molecule has 0 aromatic rings. The average molecular weight is 264 g/mol. The van der Waals surface area contributed by atoms with E-state index in [1.165, 1.54) is 12.8 Å². The van der Waals surface area contributed by atoms with Crippen molar-refractivity contribution in [1.29, 1.82) is 0 Å². The van der Waals surface area contributed by atoms with Crippen LogP contribution in [0, 0.1) is 17.8 Å². The smallest absolute Gasteiger partial charge is 0.126 e. The predicted octanol–water partition coefficient (Wildman–Crippen LogP) is 1.41. The molecule has 2 atom stereocenters. The van der Waals surface area contributed by atoms with E-state index in [0.29, 0.717) is 13.0 Å². The monoisotopic (exact) mass is 264 g/mol. The second-order valence-electron chi connectivity index (χ2n) is 5.18. The van der Waals surface area contributed by atoms with Gasteiger partial charge >= 0.3 is 0 Å². The molecule has 0 bridgehead atoms. The van der Waals surface area contributed by atoms with Gasteiger partial charge in [-0.1, -0.05) is 11.8 Å². The molecule has 0 radical (unpaired) electrons. The quantitative estimate of drug-likeness (QED) is 0.754. The predicted molar refractivity (Wildman–Crippen MR) is 74.8 cm³/mol. The highest BCUT2D eigenvalue weighted by molar-refractivity contribution is 5.18. The van der Waals surface area contributed by atoms with Gasteiger partial charge in [0.2, 0.25) is 0 Å². The average Bonchev–Trinajstić information content (AvgIpc) is 2.92. The number of rotatable bonds is 4. The lowest BCUT2D eigenvalue weighted by atomic mass is 9.97. The Kier molecular flexibility index (Phi) is 5.12. The van der Waals surface area contributed by atoms with Gasteiger partial charge < -0.3 is 15.6 Å². The van der Waals surface area contributed by atoms with Crippen LogP contribution in [0.4, 0.5) is 0 Å². The number of allylic oxidation sites excluding steroid dienone is 2. The second kappa shape index (κ2) is 6.83. The zero-order chi connectivity index (χ0) is 13.7. The Morgan fingerprint density at radius 2 is 2.21 bits per heavy atom. The van der Waals surface area contributed by atoms with Crippen LogP contribution in [-0.4, -0.2) is 35.9 Å². The first kappa shape index (κ1) is 14.2. The number of hydrogen-bond acceptors (Lipinski definition) is 4. The molecule has 1 fully saturated rings. The van der Waals surface area contributed by atoms with Gasteiger partial charge in [0.1, 0.15) is 12.0 Å². The number of aliphatic hydroxyl groups excluding tert-OH is 1. The third-order valence-electron chi connectivity index (χ3n) is 3.81. The largest absolute Gasteiger partial charge is 0.495 e. The highest BCUT2D eigenvalue weighted by Gasteiger charge is 2.27. The summed E-state index contributed by atoms with van der Waals surface area (Å²) >= 11 is 0. The molecule has 2 rings (SSSR count). The van der Waals surface area contributed by atoms with Crippen LogP contribution in [0.3, 0.4) is 0 Å². The summed E-state index contributed by atoms with van der Waals surface area (Å²) in [5.74, 6) is 7.11. The summed E-state index contributed by atoms with van der Waals surface area (Å²) in [7, 11) is 0. The van der Waals surface area contributed by atoms with Crippen LogP contribution in [0.25, 0.3) is 0 Å². The summed E-state index contributed by atoms with van der Waals surface area (Å²) in [5, 5.41) is 10.4. The highest BCUT2D eigenvalue weighted by atomic mass is 16.5. The summed E-state index contributed by atoms with van der Waals surface area (Å²) in [6.45, 7) is 4.54. The molecule has 19 heavy (non-hydrogen) atoms. The van der Waals surface area contributed by atoms with Gasteiger partial charge in [-0.3, -0.25) is 4.90 Å². The fourth-order valence-corrected chi connectivity index (χ4v) is 2.70. The summed E-state index contributed by atoms with van der Waals surface area (Å²) in [6.07, 6.45) is 4.01. The second-order valence-corrected chi connectivity index (χ2v) is 5.18. The number of nitrogens with two attached hydrogens (primary N) is 1. The van der Waals surface area contributed by atoms with Gasteiger partial charge in [0, 0.05) is 18.8 Å². The molecule has 1 aliphatic heterocycles. The van der Waals surface area contributed by atoms with Crippen molar-refractivity contribution in [1.82, 2.24) is 4.90 Å². The third-order valence-corrected chi connectivity index (χ3v) is 3.81. The maximum atomic E-state index is 10.4. The highest BCUT2D eigenvalue weighted by Crippen LogP contribution is 2.23. The maximum Gasteiger partial charge on any atom is 0.126 e. The molecular weight excluding hydrogens is 240 g/mol. The van der Waals surface area contributed by atoms with Gasteiger partial charge in [-0.2, -0.15) is 0 Å². The fraction of sp³-hybridized carbons (Fsp3) is 0.733. The Morgan fingerprint density at radius 1 is 1.47 bits per heavy atom. The summed E-state index contributed by atoms with van der Waals surface area (Å²) in [5.41, 5.74) is 6.83. The maximum absolute atomic E-state index is 10.4. The molecule has 2 unspecified atom stereocenters. The first-order valence-electron chi connectivity index (χ1n) is 7.23. The zero-order valence-electron chi connectivity index (χ0n) is 11.7. The number of hydrogen-bond donors (Lipinski definition) is 2.